The second-order valence-electron chi connectivity index (χ2n) is 1.15. The summed E-state index contributed by atoms with van der Waals surface area (Å²) in [4.78, 5) is 0. The van der Waals surface area contributed by atoms with Crippen molar-refractivity contribution in [2.24, 2.45) is 0 Å². The van der Waals surface area contributed by atoms with E-state index in [0.29, 0.717) is 0 Å². The zero-order chi connectivity index (χ0) is 8.31. The van der Waals surface area contributed by atoms with Crippen LogP contribution < -0.4 is 0 Å². The Hall–Kier alpha value is 8.91. The van der Waals surface area contributed by atoms with Gasteiger partial charge in [-0.05, 0) is 0 Å². The summed E-state index contributed by atoms with van der Waals surface area (Å²) in [7, 11) is 0. The summed E-state index contributed by atoms with van der Waals surface area (Å²) in [6, 6.07) is 0. The van der Waals surface area contributed by atoms with E-state index in [-0.39, 0.29) is 0 Å². The van der Waals surface area contributed by atoms with Gasteiger partial charge in [0, 0.05) is 0 Å². The molecular weight excluding hydrogens is 836 g/mol. The van der Waals surface area contributed by atoms with E-state index in [4.69, 9.17) is 0 Å². The molecule has 0 aliphatic heterocycles. The van der Waals surface area contributed by atoms with E-state index in [1.165, 1.54) is -10.9 Å². The Morgan fingerprint density at radius 3 is 0.800 bits per heavy atom. The summed E-state index contributed by atoms with van der Waals surface area (Å²) in [6.45, 7) is 0. The topological polar surface area (TPSA) is 0 Å². The zero-order valence-corrected chi connectivity index (χ0v) is 17.2. The fraction of sp³-hybridized carbons (Fsp3) is 0. The van der Waals surface area contributed by atoms with Crippen molar-refractivity contribution in [3.63, 3.8) is 0 Å². The SMILES string of the molecule is [XeH]C([XeH])=C([XeH])C([XeH])=C([XeH])[XeH]. The summed E-state index contributed by atoms with van der Waals surface area (Å²) < 4.78 is 5.34. The molecule has 0 rings (SSSR count). The Kier molecular flexibility index (Phi) is 22.1. The van der Waals surface area contributed by atoms with Gasteiger partial charge in [-0.3, -0.25) is 0 Å². The molecule has 0 unspecified atom stereocenters. The third-order valence-corrected chi connectivity index (χ3v) is 10.00. The molecule has 0 saturated carbocycles. The van der Waals surface area contributed by atoms with Crippen LogP contribution in [0.4, 0.5) is 0 Å². The average Bonchev–Trinajstić information content (AvgIpc) is 1.84. The van der Waals surface area contributed by atoms with E-state index in [0.717, 1.165) is 0 Å². The molecular formula is C4H6Xe6. The molecule has 0 aromatic carbocycles. The van der Waals surface area contributed by atoms with Crippen molar-refractivity contribution in [1.82, 2.24) is 0 Å². The third kappa shape index (κ3) is 9.79. The molecule has 6 heteroatoms. The van der Waals surface area contributed by atoms with Gasteiger partial charge in [-0.2, -0.15) is 0 Å². The molecule has 0 atom stereocenters. The first-order valence-corrected chi connectivity index (χ1v) is 8.36. The molecule has 0 aromatic heterocycles. The summed E-state index contributed by atoms with van der Waals surface area (Å²) >= 11 is 14.0. The van der Waals surface area contributed by atoms with Gasteiger partial charge in [0.25, 0.3) is 0 Å². The predicted octanol–water partition coefficient (Wildman–Crippen LogP) is -0.986. The minimum absolute atomic E-state index is 1.33. The molecule has 0 amide bonds. The van der Waals surface area contributed by atoms with E-state index in [9.17, 15) is 0 Å². The van der Waals surface area contributed by atoms with Crippen molar-refractivity contribution >= 4 is 0 Å². The number of rotatable bonds is 1. The van der Waals surface area contributed by atoms with Crippen molar-refractivity contribution in [3.05, 3.63) is -10.9 Å². The molecule has 0 aromatic rings. The summed E-state index contributed by atoms with van der Waals surface area (Å²) in [5, 5.41) is 0. The van der Waals surface area contributed by atoms with Crippen molar-refractivity contribution in [2.45, 2.75) is 0 Å². The standard InChI is InChI=1S/C4H6Xe6/c5-1(3(7)8)2(6)4(9)10/h5-10H. The fourth-order valence-corrected chi connectivity index (χ4v) is 3.85. The van der Waals surface area contributed by atoms with Crippen LogP contribution in [0.25, 0.3) is 0 Å². The molecule has 70 valence electrons. The van der Waals surface area contributed by atoms with Crippen LogP contribution in [0.1, 0.15) is 0 Å². The minimum atomic E-state index is 1.33. The van der Waals surface area contributed by atoms with Crippen LogP contribution in [0, 0.1) is 279 Å². The number of hydrogen-bond donors (Lipinski definition) is 0. The van der Waals surface area contributed by atoms with Crippen molar-refractivity contribution in [1.29, 1.82) is 0 Å². The molecule has 0 bridgehead atoms. The summed E-state index contributed by atoms with van der Waals surface area (Å²) in [5.41, 5.74) is 0. The van der Waals surface area contributed by atoms with Crippen LogP contribution in [0.2, 0.25) is 0 Å². The van der Waals surface area contributed by atoms with E-state index in [1.807, 2.05) is 0 Å². The summed E-state index contributed by atoms with van der Waals surface area (Å²) in [5.74, 6) is 0. The van der Waals surface area contributed by atoms with E-state index in [2.05, 4.69) is 279 Å². The molecule has 10 heavy (non-hydrogen) atoms. The van der Waals surface area contributed by atoms with Gasteiger partial charge < -0.3 is 0 Å². The molecule has 0 saturated heterocycles. The zero-order valence-electron chi connectivity index (χ0n) is 4.27. The Balaban J connectivity index is 4.71. The van der Waals surface area contributed by atoms with Gasteiger partial charge in [-0.25, -0.2) is 0 Å². The maximum absolute atomic E-state index is 2.36. The molecule has 0 fully saturated rings. The van der Waals surface area contributed by atoms with E-state index in [1.54, 1.807) is 0 Å². The second-order valence-corrected chi connectivity index (χ2v) is 11.7. The van der Waals surface area contributed by atoms with Crippen LogP contribution in [-0.2, 0) is 0 Å². The molecule has 0 aliphatic carbocycles. The number of hydrogen-bond acceptors (Lipinski definition) is 0. The monoisotopic (exact) mass is 845 g/mol. The first kappa shape index (κ1) is 18.9. The van der Waals surface area contributed by atoms with Crippen LogP contribution in [-0.4, -0.2) is 0 Å². The van der Waals surface area contributed by atoms with Crippen LogP contribution in [0.15, 0.2) is -10.9 Å². The average molecular weight is 842 g/mol. The van der Waals surface area contributed by atoms with Crippen LogP contribution in [0.5, 0.6) is 0 Å². The first-order chi connectivity index (χ1) is 4.46. The Morgan fingerprint density at radius 2 is 0.700 bits per heavy atom. The Morgan fingerprint density at radius 1 is 0.500 bits per heavy atom. The second kappa shape index (κ2) is 11.7. The molecule has 0 aliphatic rings. The predicted molar refractivity (Wildman–Crippen MR) is 22.4 cm³/mol. The fourth-order valence-electron chi connectivity index (χ4n) is 0.166. The normalized spacial score (nSPS) is 9.60. The van der Waals surface area contributed by atoms with E-state index >= 15 is 0 Å². The van der Waals surface area contributed by atoms with Crippen LogP contribution >= 0.6 is 0 Å². The quantitative estimate of drug-likeness (QED) is 0.299. The van der Waals surface area contributed by atoms with Gasteiger partial charge in [0.05, 0.1) is 0 Å². The molecule has 0 heterocycles. The number of allylic oxidation sites excluding steroid dienone is 2. The van der Waals surface area contributed by atoms with Crippen molar-refractivity contribution in [3.8, 4) is 0 Å². The van der Waals surface area contributed by atoms with Gasteiger partial charge in [-0.1, -0.05) is 0 Å². The third-order valence-electron chi connectivity index (χ3n) is 0.525. The van der Waals surface area contributed by atoms with Crippen molar-refractivity contribution in [2.75, 3.05) is 0 Å². The molecule has 0 N–H and O–H groups in total. The first-order valence-electron chi connectivity index (χ1n) is 1.88. The maximum atomic E-state index is 2.36. The molecule has 0 spiro atoms. The Bertz CT molecular complexity index is 160. The molecule has 0 nitrogen and oxygen atoms in total. The van der Waals surface area contributed by atoms with Gasteiger partial charge >= 0.3 is 268 Å². The van der Waals surface area contributed by atoms with Crippen LogP contribution in [0.3, 0.4) is 0 Å². The Labute approximate surface area is 256 Å². The molecule has 0 radical (unpaired) electrons. The van der Waals surface area contributed by atoms with Gasteiger partial charge in [-0.15, -0.1) is 0 Å². The van der Waals surface area contributed by atoms with Gasteiger partial charge in [0.2, 0.25) is 0 Å². The van der Waals surface area contributed by atoms with Gasteiger partial charge in [0.15, 0.2) is 0 Å². The van der Waals surface area contributed by atoms with Crippen molar-refractivity contribution < 1.29 is 279 Å². The van der Waals surface area contributed by atoms with E-state index < -0.39 is 0 Å². The summed E-state index contributed by atoms with van der Waals surface area (Å²) in [6.07, 6.45) is 0. The van der Waals surface area contributed by atoms with Gasteiger partial charge in [0.1, 0.15) is 0 Å².